The number of alkyl halides is 3. The molecule has 17 heavy (non-hydrogen) atoms. The van der Waals surface area contributed by atoms with Crippen molar-refractivity contribution >= 4 is 5.71 Å². The lowest BCUT2D eigenvalue weighted by Crippen LogP contribution is -2.14. The molecule has 0 fully saturated rings. The van der Waals surface area contributed by atoms with E-state index < -0.39 is 17.6 Å². The Balaban J connectivity index is 3.38. The van der Waals surface area contributed by atoms with Gasteiger partial charge in [0.25, 0.3) is 0 Å². The molecular weight excluding hydrogens is 238 g/mol. The van der Waals surface area contributed by atoms with Gasteiger partial charge in [0.15, 0.2) is 0 Å². The predicted molar refractivity (Wildman–Crippen MR) is 55.2 cm³/mol. The zero-order valence-electron chi connectivity index (χ0n) is 9.31. The third-order valence-electron chi connectivity index (χ3n) is 2.13. The second kappa shape index (κ2) is 5.16. The molecule has 0 amide bonds. The summed E-state index contributed by atoms with van der Waals surface area (Å²) in [6, 6.07) is 2.47. The van der Waals surface area contributed by atoms with Gasteiger partial charge in [0, 0.05) is 5.56 Å². The van der Waals surface area contributed by atoms with E-state index in [0.717, 1.165) is 12.1 Å². The maximum absolute atomic E-state index is 12.9. The molecule has 1 rings (SSSR count). The van der Waals surface area contributed by atoms with Gasteiger partial charge in [-0.3, -0.25) is 0 Å². The molecule has 0 spiro atoms. The van der Waals surface area contributed by atoms with E-state index in [-0.39, 0.29) is 17.7 Å². The van der Waals surface area contributed by atoms with Crippen molar-refractivity contribution in [3.05, 3.63) is 35.1 Å². The van der Waals surface area contributed by atoms with E-state index in [9.17, 15) is 17.6 Å². The standard InChI is InChI=1S/C11H11F4NO/c1-3-10(16-17-2)8-5-4-7(12)6-9(8)11(13,14)15/h4-6H,3H2,1-2H3. The van der Waals surface area contributed by atoms with Gasteiger partial charge in [-0.25, -0.2) is 4.39 Å². The minimum absolute atomic E-state index is 0.125. The van der Waals surface area contributed by atoms with Crippen LogP contribution in [-0.2, 0) is 11.0 Å². The van der Waals surface area contributed by atoms with Crippen molar-refractivity contribution in [2.24, 2.45) is 5.16 Å². The lowest BCUT2D eigenvalue weighted by molar-refractivity contribution is -0.137. The normalized spacial score (nSPS) is 12.7. The summed E-state index contributed by atoms with van der Waals surface area (Å²) >= 11 is 0. The van der Waals surface area contributed by atoms with Gasteiger partial charge in [-0.05, 0) is 24.6 Å². The topological polar surface area (TPSA) is 21.6 Å². The van der Waals surface area contributed by atoms with Crippen molar-refractivity contribution in [1.29, 1.82) is 0 Å². The average molecular weight is 249 g/mol. The van der Waals surface area contributed by atoms with Crippen molar-refractivity contribution in [3.63, 3.8) is 0 Å². The zero-order valence-corrected chi connectivity index (χ0v) is 9.31. The SMILES string of the molecule is CCC(=NOC)c1ccc(F)cc1C(F)(F)F. The van der Waals surface area contributed by atoms with Gasteiger partial charge in [0.1, 0.15) is 12.9 Å². The van der Waals surface area contributed by atoms with E-state index >= 15 is 0 Å². The third kappa shape index (κ3) is 3.18. The molecule has 0 N–H and O–H groups in total. The molecule has 0 aliphatic rings. The molecule has 0 aromatic heterocycles. The summed E-state index contributed by atoms with van der Waals surface area (Å²) in [6.07, 6.45) is -4.37. The van der Waals surface area contributed by atoms with Crippen LogP contribution in [0.2, 0.25) is 0 Å². The Morgan fingerprint density at radius 3 is 2.47 bits per heavy atom. The van der Waals surface area contributed by atoms with Crippen molar-refractivity contribution in [1.82, 2.24) is 0 Å². The summed E-state index contributed by atoms with van der Waals surface area (Å²) in [6.45, 7) is 1.64. The van der Waals surface area contributed by atoms with Gasteiger partial charge in [-0.15, -0.1) is 0 Å². The Morgan fingerprint density at radius 1 is 1.35 bits per heavy atom. The fourth-order valence-corrected chi connectivity index (χ4v) is 1.42. The van der Waals surface area contributed by atoms with Crippen LogP contribution in [0.3, 0.4) is 0 Å². The maximum atomic E-state index is 12.9. The quantitative estimate of drug-likeness (QED) is 0.455. The fourth-order valence-electron chi connectivity index (χ4n) is 1.42. The lowest BCUT2D eigenvalue weighted by atomic mass is 10.0. The fraction of sp³-hybridized carbons (Fsp3) is 0.364. The summed E-state index contributed by atoms with van der Waals surface area (Å²) < 4.78 is 51.0. The summed E-state index contributed by atoms with van der Waals surface area (Å²) in [5, 5.41) is 3.51. The van der Waals surface area contributed by atoms with Crippen LogP contribution in [0.25, 0.3) is 0 Å². The predicted octanol–water partition coefficient (Wildman–Crippen LogP) is 3.61. The molecule has 0 aliphatic carbocycles. The molecule has 0 radical (unpaired) electrons. The van der Waals surface area contributed by atoms with Crippen molar-refractivity contribution in [3.8, 4) is 0 Å². The molecule has 0 aliphatic heterocycles. The smallest absolute Gasteiger partial charge is 0.399 e. The second-order valence-electron chi connectivity index (χ2n) is 3.26. The van der Waals surface area contributed by atoms with Crippen molar-refractivity contribution < 1.29 is 22.4 Å². The number of benzene rings is 1. The van der Waals surface area contributed by atoms with Crippen LogP contribution in [-0.4, -0.2) is 12.8 Å². The van der Waals surface area contributed by atoms with Crippen LogP contribution in [0.1, 0.15) is 24.5 Å². The molecule has 6 heteroatoms. The molecule has 1 aromatic rings. The molecule has 0 unspecified atom stereocenters. The number of hydrogen-bond acceptors (Lipinski definition) is 2. The second-order valence-corrected chi connectivity index (χ2v) is 3.26. The van der Waals surface area contributed by atoms with Gasteiger partial charge < -0.3 is 4.84 Å². The van der Waals surface area contributed by atoms with Crippen LogP contribution in [0.5, 0.6) is 0 Å². The number of hydrogen-bond donors (Lipinski definition) is 0. The van der Waals surface area contributed by atoms with Crippen LogP contribution in [0.15, 0.2) is 23.4 Å². The first-order valence-electron chi connectivity index (χ1n) is 4.87. The molecular formula is C11H11F4NO. The molecule has 0 atom stereocenters. The van der Waals surface area contributed by atoms with Crippen LogP contribution >= 0.6 is 0 Å². The molecule has 1 aromatic carbocycles. The monoisotopic (exact) mass is 249 g/mol. The van der Waals surface area contributed by atoms with E-state index in [1.807, 2.05) is 0 Å². The zero-order chi connectivity index (χ0) is 13.1. The summed E-state index contributed by atoms with van der Waals surface area (Å²) in [7, 11) is 1.24. The summed E-state index contributed by atoms with van der Waals surface area (Å²) in [5.41, 5.74) is -1.08. The molecule has 94 valence electrons. The minimum Gasteiger partial charge on any atom is -0.399 e. The van der Waals surface area contributed by atoms with Gasteiger partial charge in [-0.2, -0.15) is 13.2 Å². The largest absolute Gasteiger partial charge is 0.417 e. The number of halogens is 4. The van der Waals surface area contributed by atoms with E-state index in [4.69, 9.17) is 0 Å². The van der Waals surface area contributed by atoms with Crippen LogP contribution in [0.4, 0.5) is 17.6 Å². The van der Waals surface area contributed by atoms with E-state index in [1.165, 1.54) is 7.11 Å². The molecule has 0 saturated carbocycles. The Labute approximate surface area is 95.9 Å². The number of oxime groups is 1. The highest BCUT2D eigenvalue weighted by atomic mass is 19.4. The first-order chi connectivity index (χ1) is 7.90. The highest BCUT2D eigenvalue weighted by molar-refractivity contribution is 6.01. The summed E-state index contributed by atoms with van der Waals surface area (Å²) in [5.74, 6) is -0.936. The first-order valence-corrected chi connectivity index (χ1v) is 4.87. The molecule has 2 nitrogen and oxygen atoms in total. The number of rotatable bonds is 3. The lowest BCUT2D eigenvalue weighted by Gasteiger charge is -2.13. The summed E-state index contributed by atoms with van der Waals surface area (Å²) in [4.78, 5) is 4.47. The highest BCUT2D eigenvalue weighted by Crippen LogP contribution is 2.33. The molecule has 0 saturated heterocycles. The highest BCUT2D eigenvalue weighted by Gasteiger charge is 2.34. The van der Waals surface area contributed by atoms with Crippen molar-refractivity contribution in [2.75, 3.05) is 7.11 Å². The third-order valence-corrected chi connectivity index (χ3v) is 2.13. The van der Waals surface area contributed by atoms with E-state index in [2.05, 4.69) is 9.99 Å². The van der Waals surface area contributed by atoms with Gasteiger partial charge in [0.2, 0.25) is 0 Å². The average Bonchev–Trinajstić information content (AvgIpc) is 2.25. The van der Waals surface area contributed by atoms with Gasteiger partial charge >= 0.3 is 6.18 Å². The molecule has 0 heterocycles. The van der Waals surface area contributed by atoms with E-state index in [0.29, 0.717) is 6.07 Å². The molecule has 0 bridgehead atoms. The van der Waals surface area contributed by atoms with Crippen molar-refractivity contribution in [2.45, 2.75) is 19.5 Å². The van der Waals surface area contributed by atoms with E-state index in [1.54, 1.807) is 6.92 Å². The first kappa shape index (κ1) is 13.5. The Kier molecular flexibility index (Phi) is 4.09. The number of nitrogens with zero attached hydrogens (tertiary/aromatic N) is 1. The Hall–Kier alpha value is -1.59. The Morgan fingerprint density at radius 2 is 2.00 bits per heavy atom. The minimum atomic E-state index is -4.62. The van der Waals surface area contributed by atoms with Crippen LogP contribution in [0, 0.1) is 5.82 Å². The maximum Gasteiger partial charge on any atom is 0.417 e. The van der Waals surface area contributed by atoms with Gasteiger partial charge in [-0.1, -0.05) is 12.1 Å². The van der Waals surface area contributed by atoms with Gasteiger partial charge in [0.05, 0.1) is 11.3 Å². The van der Waals surface area contributed by atoms with Crippen LogP contribution < -0.4 is 0 Å². The Bertz CT molecular complexity index is 426.